The molecule has 0 bridgehead atoms. The van der Waals surface area contributed by atoms with E-state index in [4.69, 9.17) is 4.74 Å². The number of carbonyl (C=O) groups excluding carboxylic acids is 1. The molecule has 0 aliphatic heterocycles. The van der Waals surface area contributed by atoms with Gasteiger partial charge in [0.05, 0.1) is 11.7 Å². The molecule has 0 heterocycles. The van der Waals surface area contributed by atoms with E-state index < -0.39 is 5.41 Å². The highest BCUT2D eigenvalue weighted by molar-refractivity contribution is 5.75. The summed E-state index contributed by atoms with van der Waals surface area (Å²) in [7, 11) is 0. The van der Waals surface area contributed by atoms with Gasteiger partial charge in [-0.2, -0.15) is 0 Å². The van der Waals surface area contributed by atoms with Crippen LogP contribution in [0.25, 0.3) is 0 Å². The predicted octanol–water partition coefficient (Wildman–Crippen LogP) is 8.40. The first-order chi connectivity index (χ1) is 14.0. The fourth-order valence-corrected chi connectivity index (χ4v) is 2.41. The van der Waals surface area contributed by atoms with Crippen LogP contribution in [0.15, 0.2) is 73.1 Å². The van der Waals surface area contributed by atoms with Gasteiger partial charge >= 0.3 is 5.97 Å². The highest BCUT2D eigenvalue weighted by atomic mass is 16.5. The normalized spacial score (nSPS) is 13.4. The molecule has 0 unspecified atom stereocenters. The molecule has 0 atom stereocenters. The van der Waals surface area contributed by atoms with Gasteiger partial charge in [0.15, 0.2) is 0 Å². The minimum Gasteiger partial charge on any atom is -0.434 e. The summed E-state index contributed by atoms with van der Waals surface area (Å²) in [5.74, 6) is -0.237. The summed E-state index contributed by atoms with van der Waals surface area (Å²) in [6.07, 6.45) is 35.3. The monoisotopic (exact) mass is 398 g/mol. The summed E-state index contributed by atoms with van der Waals surface area (Å²) in [6.45, 7) is 7.75. The van der Waals surface area contributed by atoms with Crippen molar-refractivity contribution in [2.75, 3.05) is 0 Å². The van der Waals surface area contributed by atoms with Gasteiger partial charge in [-0.15, -0.1) is 0 Å². The van der Waals surface area contributed by atoms with Gasteiger partial charge in [-0.3, -0.25) is 4.79 Å². The molecule has 0 amide bonds. The molecule has 0 spiro atoms. The van der Waals surface area contributed by atoms with Crippen molar-refractivity contribution in [1.29, 1.82) is 0 Å². The molecular weight excluding hydrogens is 356 g/mol. The van der Waals surface area contributed by atoms with E-state index in [0.717, 1.165) is 0 Å². The Hall–Kier alpha value is -2.09. The van der Waals surface area contributed by atoms with E-state index in [0.29, 0.717) is 0 Å². The van der Waals surface area contributed by atoms with Crippen molar-refractivity contribution < 1.29 is 9.53 Å². The SMILES string of the molecule is CCCCCCCCCC\C=C/C=C\C=C/C=C\C=C/C=C\OC(=O)C(C)(C)C. The van der Waals surface area contributed by atoms with Crippen LogP contribution in [-0.4, -0.2) is 5.97 Å². The second kappa shape index (κ2) is 19.2. The van der Waals surface area contributed by atoms with Crippen molar-refractivity contribution in [2.24, 2.45) is 5.41 Å². The number of rotatable bonds is 15. The van der Waals surface area contributed by atoms with Crippen LogP contribution >= 0.6 is 0 Å². The van der Waals surface area contributed by atoms with Crippen LogP contribution in [0.5, 0.6) is 0 Å². The second-order valence-corrected chi connectivity index (χ2v) is 8.22. The first-order valence-electron chi connectivity index (χ1n) is 11.2. The van der Waals surface area contributed by atoms with E-state index >= 15 is 0 Å². The average Bonchev–Trinajstić information content (AvgIpc) is 2.68. The first-order valence-corrected chi connectivity index (χ1v) is 11.2. The van der Waals surface area contributed by atoms with E-state index in [1.165, 1.54) is 64.0 Å². The number of unbranched alkanes of at least 4 members (excludes halogenated alkanes) is 8. The minimum absolute atomic E-state index is 0.237. The molecule has 0 saturated carbocycles. The van der Waals surface area contributed by atoms with Crippen molar-refractivity contribution in [3.05, 3.63) is 73.1 Å². The average molecular weight is 399 g/mol. The summed E-state index contributed by atoms with van der Waals surface area (Å²) >= 11 is 0. The zero-order chi connectivity index (χ0) is 21.6. The van der Waals surface area contributed by atoms with Crippen LogP contribution in [0.4, 0.5) is 0 Å². The van der Waals surface area contributed by atoms with Gasteiger partial charge < -0.3 is 4.74 Å². The molecule has 0 aromatic rings. The van der Waals surface area contributed by atoms with E-state index in [-0.39, 0.29) is 5.97 Å². The van der Waals surface area contributed by atoms with Crippen molar-refractivity contribution in [3.8, 4) is 0 Å². The summed E-state index contributed by atoms with van der Waals surface area (Å²) in [4.78, 5) is 11.5. The van der Waals surface area contributed by atoms with Gasteiger partial charge in [-0.25, -0.2) is 0 Å². The number of hydrogen-bond acceptors (Lipinski definition) is 2. The van der Waals surface area contributed by atoms with Crippen LogP contribution in [-0.2, 0) is 9.53 Å². The molecule has 162 valence electrons. The topological polar surface area (TPSA) is 26.3 Å². The molecule has 0 saturated heterocycles. The van der Waals surface area contributed by atoms with Crippen molar-refractivity contribution in [3.63, 3.8) is 0 Å². The lowest BCUT2D eigenvalue weighted by Crippen LogP contribution is -2.20. The lowest BCUT2D eigenvalue weighted by atomic mass is 9.98. The largest absolute Gasteiger partial charge is 0.434 e. The molecule has 0 aromatic heterocycles. The van der Waals surface area contributed by atoms with E-state index in [2.05, 4.69) is 25.2 Å². The number of hydrogen-bond donors (Lipinski definition) is 0. The maximum atomic E-state index is 11.5. The highest BCUT2D eigenvalue weighted by Crippen LogP contribution is 2.15. The smallest absolute Gasteiger partial charge is 0.316 e. The zero-order valence-electron chi connectivity index (χ0n) is 19.1. The molecule has 0 aliphatic rings. The molecule has 0 rings (SSSR count). The van der Waals surface area contributed by atoms with Crippen molar-refractivity contribution in [2.45, 2.75) is 85.5 Å². The summed E-state index contributed by atoms with van der Waals surface area (Å²) in [6, 6.07) is 0. The van der Waals surface area contributed by atoms with Crippen molar-refractivity contribution in [1.82, 2.24) is 0 Å². The predicted molar refractivity (Wildman–Crippen MR) is 128 cm³/mol. The van der Waals surface area contributed by atoms with E-state index in [1.54, 1.807) is 6.08 Å². The Morgan fingerprint density at radius 1 is 0.655 bits per heavy atom. The van der Waals surface area contributed by atoms with Crippen LogP contribution in [0.3, 0.4) is 0 Å². The van der Waals surface area contributed by atoms with E-state index in [9.17, 15) is 4.79 Å². The van der Waals surface area contributed by atoms with Gasteiger partial charge in [-0.05, 0) is 39.7 Å². The van der Waals surface area contributed by atoms with Crippen LogP contribution in [0.2, 0.25) is 0 Å². The van der Waals surface area contributed by atoms with Crippen LogP contribution in [0, 0.1) is 5.41 Å². The third-order valence-corrected chi connectivity index (χ3v) is 4.23. The highest BCUT2D eigenvalue weighted by Gasteiger charge is 2.21. The molecule has 2 nitrogen and oxygen atoms in total. The Kier molecular flexibility index (Phi) is 17.8. The third kappa shape index (κ3) is 20.5. The molecule has 29 heavy (non-hydrogen) atoms. The molecule has 0 aromatic carbocycles. The standard InChI is InChI=1S/C27H42O2/c1-5-6-7-8-9-10-11-12-13-14-15-16-17-18-19-20-21-22-23-24-25-29-26(28)27(2,3)4/h14-25H,5-13H2,1-4H3/b15-14-,17-16-,19-18-,21-20-,23-22-,25-24-. The quantitative estimate of drug-likeness (QED) is 0.120. The maximum absolute atomic E-state index is 11.5. The lowest BCUT2D eigenvalue weighted by molar-refractivity contribution is -0.146. The second-order valence-electron chi connectivity index (χ2n) is 8.22. The Labute approximate surface area is 179 Å². The molecule has 0 radical (unpaired) electrons. The Morgan fingerprint density at radius 2 is 1.10 bits per heavy atom. The van der Waals surface area contributed by atoms with Gasteiger partial charge in [0.25, 0.3) is 0 Å². The van der Waals surface area contributed by atoms with E-state index in [1.807, 2.05) is 63.3 Å². The molecule has 0 aliphatic carbocycles. The Bertz CT molecular complexity index is 566. The third-order valence-electron chi connectivity index (χ3n) is 4.23. The number of esters is 1. The van der Waals surface area contributed by atoms with Gasteiger partial charge in [-0.1, -0.05) is 113 Å². The fourth-order valence-electron chi connectivity index (χ4n) is 2.41. The maximum Gasteiger partial charge on any atom is 0.316 e. The zero-order valence-corrected chi connectivity index (χ0v) is 19.1. The number of ether oxygens (including phenoxy) is 1. The number of carbonyl (C=O) groups is 1. The fraction of sp³-hybridized carbons (Fsp3) is 0.519. The minimum atomic E-state index is -0.477. The van der Waals surface area contributed by atoms with Gasteiger partial charge in [0.1, 0.15) is 0 Å². The Balaban J connectivity index is 3.69. The van der Waals surface area contributed by atoms with Gasteiger partial charge in [0, 0.05) is 0 Å². The lowest BCUT2D eigenvalue weighted by Gasteiger charge is -2.13. The summed E-state index contributed by atoms with van der Waals surface area (Å²) in [5, 5.41) is 0. The summed E-state index contributed by atoms with van der Waals surface area (Å²) < 4.78 is 5.02. The Morgan fingerprint density at radius 3 is 1.62 bits per heavy atom. The first kappa shape index (κ1) is 26.9. The van der Waals surface area contributed by atoms with Crippen molar-refractivity contribution >= 4 is 5.97 Å². The molecular formula is C27H42O2. The van der Waals surface area contributed by atoms with Crippen LogP contribution < -0.4 is 0 Å². The molecule has 0 fully saturated rings. The molecule has 2 heteroatoms. The molecule has 0 N–H and O–H groups in total. The summed E-state index contributed by atoms with van der Waals surface area (Å²) in [5.41, 5.74) is -0.477. The number of allylic oxidation sites excluding steroid dienone is 11. The van der Waals surface area contributed by atoms with Gasteiger partial charge in [0.2, 0.25) is 0 Å². The van der Waals surface area contributed by atoms with Crippen LogP contribution in [0.1, 0.15) is 85.5 Å².